The van der Waals surface area contributed by atoms with E-state index in [9.17, 15) is 9.59 Å². The molecule has 21 heavy (non-hydrogen) atoms. The lowest BCUT2D eigenvalue weighted by Crippen LogP contribution is -2.36. The number of carboxylic acids is 1. The highest BCUT2D eigenvalue weighted by Gasteiger charge is 2.18. The fraction of sp³-hybridized carbons (Fsp3) is 0.125. The van der Waals surface area contributed by atoms with Crippen molar-refractivity contribution in [2.75, 3.05) is 11.4 Å². The maximum Gasteiger partial charge on any atom is 0.323 e. The Morgan fingerprint density at radius 2 is 1.62 bits per heavy atom. The van der Waals surface area contributed by atoms with Gasteiger partial charge in [-0.05, 0) is 29.8 Å². The number of carboxylic acid groups (broad SMARTS) is 1. The van der Waals surface area contributed by atoms with Crippen molar-refractivity contribution in [2.24, 2.45) is 0 Å². The molecule has 0 spiro atoms. The highest BCUT2D eigenvalue weighted by Crippen LogP contribution is 2.16. The SMILES string of the molecule is O=C(O)CN(C(=O)Cc1ccc(Br)cc1)c1ccccc1. The zero-order chi connectivity index (χ0) is 15.2. The highest BCUT2D eigenvalue weighted by molar-refractivity contribution is 9.10. The van der Waals surface area contributed by atoms with Crippen LogP contribution in [0, 0.1) is 0 Å². The Morgan fingerprint density at radius 3 is 2.19 bits per heavy atom. The molecule has 2 aromatic rings. The van der Waals surface area contributed by atoms with Gasteiger partial charge < -0.3 is 10.0 Å². The number of aliphatic carboxylic acids is 1. The molecular weight excluding hydrogens is 334 g/mol. The Morgan fingerprint density at radius 1 is 1.00 bits per heavy atom. The number of nitrogens with zero attached hydrogens (tertiary/aromatic N) is 1. The first-order valence-corrected chi connectivity index (χ1v) is 7.17. The molecule has 108 valence electrons. The third kappa shape index (κ3) is 4.43. The van der Waals surface area contributed by atoms with Gasteiger partial charge in [0.15, 0.2) is 0 Å². The normalized spacial score (nSPS) is 10.1. The first-order valence-electron chi connectivity index (χ1n) is 6.38. The van der Waals surface area contributed by atoms with Gasteiger partial charge in [-0.25, -0.2) is 0 Å². The second-order valence-electron chi connectivity index (χ2n) is 4.51. The van der Waals surface area contributed by atoms with Crippen LogP contribution in [0.5, 0.6) is 0 Å². The van der Waals surface area contributed by atoms with Gasteiger partial charge in [0, 0.05) is 10.2 Å². The second-order valence-corrected chi connectivity index (χ2v) is 5.43. The number of benzene rings is 2. The van der Waals surface area contributed by atoms with E-state index in [-0.39, 0.29) is 18.9 Å². The number of carbonyl (C=O) groups excluding carboxylic acids is 1. The number of para-hydroxylation sites is 1. The number of hydrogen-bond donors (Lipinski definition) is 1. The summed E-state index contributed by atoms with van der Waals surface area (Å²) in [6, 6.07) is 16.2. The first-order chi connectivity index (χ1) is 10.1. The van der Waals surface area contributed by atoms with E-state index >= 15 is 0 Å². The molecule has 0 radical (unpaired) electrons. The van der Waals surface area contributed by atoms with E-state index in [0.717, 1.165) is 10.0 Å². The summed E-state index contributed by atoms with van der Waals surface area (Å²) in [6.45, 7) is -0.348. The molecule has 0 aliphatic carbocycles. The first kappa shape index (κ1) is 15.3. The van der Waals surface area contributed by atoms with Crippen LogP contribution in [-0.2, 0) is 16.0 Å². The van der Waals surface area contributed by atoms with Crippen molar-refractivity contribution in [3.05, 3.63) is 64.6 Å². The van der Waals surface area contributed by atoms with Crippen molar-refractivity contribution in [3.63, 3.8) is 0 Å². The molecule has 5 heteroatoms. The topological polar surface area (TPSA) is 57.6 Å². The van der Waals surface area contributed by atoms with Gasteiger partial charge in [0.2, 0.25) is 5.91 Å². The Hall–Kier alpha value is -2.14. The minimum Gasteiger partial charge on any atom is -0.480 e. The summed E-state index contributed by atoms with van der Waals surface area (Å²) in [5.41, 5.74) is 1.43. The predicted octanol–water partition coefficient (Wildman–Crippen LogP) is 3.11. The van der Waals surface area contributed by atoms with E-state index in [1.54, 1.807) is 24.3 Å². The van der Waals surface area contributed by atoms with Crippen molar-refractivity contribution in [3.8, 4) is 0 Å². The monoisotopic (exact) mass is 347 g/mol. The quantitative estimate of drug-likeness (QED) is 0.903. The zero-order valence-corrected chi connectivity index (χ0v) is 12.8. The van der Waals surface area contributed by atoms with E-state index in [1.807, 2.05) is 30.3 Å². The smallest absolute Gasteiger partial charge is 0.323 e. The average molecular weight is 348 g/mol. The molecule has 0 aromatic heterocycles. The van der Waals surface area contributed by atoms with Gasteiger partial charge in [-0.15, -0.1) is 0 Å². The van der Waals surface area contributed by atoms with Crippen molar-refractivity contribution in [2.45, 2.75) is 6.42 Å². The van der Waals surface area contributed by atoms with Crippen LogP contribution in [0.2, 0.25) is 0 Å². The van der Waals surface area contributed by atoms with Gasteiger partial charge in [0.25, 0.3) is 0 Å². The molecule has 0 atom stereocenters. The lowest BCUT2D eigenvalue weighted by Gasteiger charge is -2.21. The van der Waals surface area contributed by atoms with Gasteiger partial charge in [0.1, 0.15) is 6.54 Å². The summed E-state index contributed by atoms with van der Waals surface area (Å²) in [6.07, 6.45) is 0.162. The maximum atomic E-state index is 12.4. The molecule has 1 N–H and O–H groups in total. The van der Waals surface area contributed by atoms with Gasteiger partial charge in [-0.3, -0.25) is 9.59 Å². The van der Waals surface area contributed by atoms with Crippen molar-refractivity contribution < 1.29 is 14.7 Å². The molecule has 0 unspecified atom stereocenters. The fourth-order valence-electron chi connectivity index (χ4n) is 1.94. The van der Waals surface area contributed by atoms with E-state index in [4.69, 9.17) is 5.11 Å². The largest absolute Gasteiger partial charge is 0.480 e. The molecule has 1 amide bonds. The van der Waals surface area contributed by atoms with E-state index in [1.165, 1.54) is 4.90 Å². The van der Waals surface area contributed by atoms with E-state index in [0.29, 0.717) is 5.69 Å². The Bertz CT molecular complexity index is 626. The maximum absolute atomic E-state index is 12.4. The molecule has 0 bridgehead atoms. The van der Waals surface area contributed by atoms with Crippen LogP contribution in [0.1, 0.15) is 5.56 Å². The molecule has 0 aliphatic heterocycles. The summed E-state index contributed by atoms with van der Waals surface area (Å²) in [7, 11) is 0. The summed E-state index contributed by atoms with van der Waals surface area (Å²) >= 11 is 3.34. The van der Waals surface area contributed by atoms with Crippen molar-refractivity contribution >= 4 is 33.5 Å². The highest BCUT2D eigenvalue weighted by atomic mass is 79.9. The molecule has 0 aliphatic rings. The molecule has 0 saturated carbocycles. The standard InChI is InChI=1S/C16H14BrNO3/c17-13-8-6-12(7-9-13)10-15(19)18(11-16(20)21)14-4-2-1-3-5-14/h1-9H,10-11H2,(H,20,21). The van der Waals surface area contributed by atoms with Crippen LogP contribution >= 0.6 is 15.9 Å². The van der Waals surface area contributed by atoms with Gasteiger partial charge in [-0.2, -0.15) is 0 Å². The molecule has 4 nitrogen and oxygen atoms in total. The van der Waals surface area contributed by atoms with Crippen LogP contribution in [0.15, 0.2) is 59.1 Å². The second kappa shape index (κ2) is 7.04. The third-order valence-electron chi connectivity index (χ3n) is 2.93. The molecule has 2 aromatic carbocycles. The van der Waals surface area contributed by atoms with Crippen LogP contribution < -0.4 is 4.90 Å². The van der Waals surface area contributed by atoms with E-state index in [2.05, 4.69) is 15.9 Å². The Balaban J connectivity index is 2.18. The van der Waals surface area contributed by atoms with Gasteiger partial charge in [0.05, 0.1) is 6.42 Å². The molecule has 0 heterocycles. The van der Waals surface area contributed by atoms with Crippen LogP contribution in [0.4, 0.5) is 5.69 Å². The Kier molecular flexibility index (Phi) is 5.11. The summed E-state index contributed by atoms with van der Waals surface area (Å²) < 4.78 is 0.934. The summed E-state index contributed by atoms with van der Waals surface area (Å²) in [4.78, 5) is 24.7. The fourth-order valence-corrected chi connectivity index (χ4v) is 2.20. The van der Waals surface area contributed by atoms with E-state index < -0.39 is 5.97 Å². The summed E-state index contributed by atoms with van der Waals surface area (Å²) in [5.74, 6) is -1.28. The van der Waals surface area contributed by atoms with Crippen LogP contribution in [-0.4, -0.2) is 23.5 Å². The van der Waals surface area contributed by atoms with Gasteiger partial charge >= 0.3 is 5.97 Å². The molecule has 2 rings (SSSR count). The minimum absolute atomic E-state index is 0.162. The number of amides is 1. The average Bonchev–Trinajstić information content (AvgIpc) is 2.48. The summed E-state index contributed by atoms with van der Waals surface area (Å²) in [5, 5.41) is 9.00. The van der Waals surface area contributed by atoms with Crippen LogP contribution in [0.25, 0.3) is 0 Å². The van der Waals surface area contributed by atoms with Crippen molar-refractivity contribution in [1.82, 2.24) is 0 Å². The zero-order valence-electron chi connectivity index (χ0n) is 11.2. The predicted molar refractivity (Wildman–Crippen MR) is 84.3 cm³/mol. The van der Waals surface area contributed by atoms with Gasteiger partial charge in [-0.1, -0.05) is 46.3 Å². The Labute approximate surface area is 131 Å². The number of anilines is 1. The number of hydrogen-bond acceptors (Lipinski definition) is 2. The minimum atomic E-state index is -1.04. The number of carbonyl (C=O) groups is 2. The number of halogens is 1. The number of rotatable bonds is 5. The van der Waals surface area contributed by atoms with Crippen LogP contribution in [0.3, 0.4) is 0 Å². The van der Waals surface area contributed by atoms with Crippen molar-refractivity contribution in [1.29, 1.82) is 0 Å². The lowest BCUT2D eigenvalue weighted by molar-refractivity contribution is -0.136. The third-order valence-corrected chi connectivity index (χ3v) is 3.46. The molecular formula is C16H14BrNO3. The molecule has 0 fully saturated rings. The lowest BCUT2D eigenvalue weighted by atomic mass is 10.1. The molecule has 0 saturated heterocycles.